The molecule has 0 aliphatic carbocycles. The number of nitrogens with zero attached hydrogens (tertiary/aromatic N) is 2. The second kappa shape index (κ2) is 6.23. The first-order valence-electron chi connectivity index (χ1n) is 5.35. The van der Waals surface area contributed by atoms with Crippen molar-refractivity contribution in [2.75, 3.05) is 0 Å². The lowest BCUT2D eigenvalue weighted by atomic mass is 10.1. The third kappa shape index (κ3) is 3.82. The molecule has 1 unspecified atom stereocenters. The fraction of sp³-hybridized carbons (Fsp3) is 0.727. The van der Waals surface area contributed by atoms with Crippen molar-refractivity contribution < 1.29 is 0 Å². The summed E-state index contributed by atoms with van der Waals surface area (Å²) >= 11 is 3.70. The van der Waals surface area contributed by atoms with E-state index in [0.717, 1.165) is 6.42 Å². The summed E-state index contributed by atoms with van der Waals surface area (Å²) in [6, 6.07) is 2.10. The van der Waals surface area contributed by atoms with Gasteiger partial charge in [0.1, 0.15) is 0 Å². The van der Waals surface area contributed by atoms with Crippen molar-refractivity contribution in [3.05, 3.63) is 18.0 Å². The van der Waals surface area contributed by atoms with E-state index in [4.69, 9.17) is 0 Å². The molecule has 0 aliphatic rings. The van der Waals surface area contributed by atoms with Crippen LogP contribution in [0.3, 0.4) is 0 Å². The number of aryl methyl sites for hydroxylation is 2. The van der Waals surface area contributed by atoms with Gasteiger partial charge >= 0.3 is 0 Å². The third-order valence-corrected chi connectivity index (χ3v) is 3.39. The van der Waals surface area contributed by atoms with E-state index in [2.05, 4.69) is 34.0 Å². The Bertz CT molecular complexity index is 258. The minimum absolute atomic E-state index is 0.695. The fourth-order valence-electron chi connectivity index (χ4n) is 1.61. The molecule has 0 aromatic carbocycles. The van der Waals surface area contributed by atoms with Crippen molar-refractivity contribution in [1.29, 1.82) is 0 Å². The average molecular weight is 259 g/mol. The Balaban J connectivity index is 2.19. The van der Waals surface area contributed by atoms with Gasteiger partial charge in [-0.2, -0.15) is 5.10 Å². The number of alkyl halides is 1. The number of hydrogen-bond acceptors (Lipinski definition) is 1. The summed E-state index contributed by atoms with van der Waals surface area (Å²) in [7, 11) is 2.01. The predicted molar refractivity (Wildman–Crippen MR) is 63.8 cm³/mol. The molecule has 2 nitrogen and oxygen atoms in total. The van der Waals surface area contributed by atoms with Crippen LogP contribution in [0.2, 0.25) is 0 Å². The molecule has 0 N–H and O–H groups in total. The fourth-order valence-corrected chi connectivity index (χ4v) is 2.39. The number of halogens is 1. The lowest BCUT2D eigenvalue weighted by Crippen LogP contribution is -2.01. The third-order valence-electron chi connectivity index (χ3n) is 2.47. The molecule has 0 radical (unpaired) electrons. The van der Waals surface area contributed by atoms with Gasteiger partial charge in [0, 0.05) is 23.8 Å². The van der Waals surface area contributed by atoms with Crippen molar-refractivity contribution in [2.24, 2.45) is 7.05 Å². The monoisotopic (exact) mass is 258 g/mol. The van der Waals surface area contributed by atoms with Crippen LogP contribution in [0.1, 0.15) is 38.3 Å². The molecular formula is C11H19BrN2. The number of rotatable bonds is 6. The van der Waals surface area contributed by atoms with Crippen molar-refractivity contribution >= 4 is 15.9 Å². The normalized spacial score (nSPS) is 13.1. The quantitative estimate of drug-likeness (QED) is 0.717. The lowest BCUT2D eigenvalue weighted by Gasteiger charge is -2.07. The number of hydrogen-bond donors (Lipinski definition) is 0. The summed E-state index contributed by atoms with van der Waals surface area (Å²) in [5, 5.41) is 4.16. The van der Waals surface area contributed by atoms with E-state index in [0.29, 0.717) is 4.83 Å². The zero-order valence-electron chi connectivity index (χ0n) is 9.04. The van der Waals surface area contributed by atoms with E-state index >= 15 is 0 Å². The standard InChI is InChI=1S/C11H19BrN2/c1-3-5-10(12)6-4-7-11-8-9-13-14(11)2/h8-10H,3-7H2,1-2H3. The Morgan fingerprint density at radius 2 is 2.29 bits per heavy atom. The topological polar surface area (TPSA) is 17.8 Å². The van der Waals surface area contributed by atoms with Gasteiger partial charge in [0.2, 0.25) is 0 Å². The highest BCUT2D eigenvalue weighted by Gasteiger charge is 2.03. The van der Waals surface area contributed by atoms with Gasteiger partial charge in [-0.1, -0.05) is 29.3 Å². The zero-order valence-corrected chi connectivity index (χ0v) is 10.6. The van der Waals surface area contributed by atoms with Gasteiger partial charge < -0.3 is 0 Å². The molecule has 0 fully saturated rings. The van der Waals surface area contributed by atoms with E-state index in [1.165, 1.54) is 31.4 Å². The van der Waals surface area contributed by atoms with Gasteiger partial charge in [0.15, 0.2) is 0 Å². The summed E-state index contributed by atoms with van der Waals surface area (Å²) in [5.74, 6) is 0. The maximum Gasteiger partial charge on any atom is 0.0492 e. The molecule has 0 aliphatic heterocycles. The molecule has 0 saturated carbocycles. The minimum Gasteiger partial charge on any atom is -0.273 e. The van der Waals surface area contributed by atoms with Crippen LogP contribution in [-0.4, -0.2) is 14.6 Å². The van der Waals surface area contributed by atoms with Crippen LogP contribution >= 0.6 is 15.9 Å². The van der Waals surface area contributed by atoms with Crippen LogP contribution in [0.4, 0.5) is 0 Å². The van der Waals surface area contributed by atoms with Crippen molar-refractivity contribution in [2.45, 2.75) is 43.9 Å². The van der Waals surface area contributed by atoms with Gasteiger partial charge in [-0.25, -0.2) is 0 Å². The van der Waals surface area contributed by atoms with Crippen LogP contribution < -0.4 is 0 Å². The Morgan fingerprint density at radius 3 is 2.86 bits per heavy atom. The molecule has 3 heteroatoms. The van der Waals surface area contributed by atoms with Gasteiger partial charge in [-0.05, 0) is 31.7 Å². The van der Waals surface area contributed by atoms with Gasteiger partial charge in [0.25, 0.3) is 0 Å². The molecule has 1 aromatic rings. The summed E-state index contributed by atoms with van der Waals surface area (Å²) < 4.78 is 1.96. The van der Waals surface area contributed by atoms with Crippen molar-refractivity contribution in [1.82, 2.24) is 9.78 Å². The highest BCUT2D eigenvalue weighted by molar-refractivity contribution is 9.09. The SMILES string of the molecule is CCCC(Br)CCCc1ccnn1C. The second-order valence-electron chi connectivity index (χ2n) is 3.72. The Hall–Kier alpha value is -0.310. The second-order valence-corrected chi connectivity index (χ2v) is 5.02. The zero-order chi connectivity index (χ0) is 10.4. The average Bonchev–Trinajstić information content (AvgIpc) is 2.52. The highest BCUT2D eigenvalue weighted by atomic mass is 79.9. The van der Waals surface area contributed by atoms with E-state index in [1.54, 1.807) is 0 Å². The van der Waals surface area contributed by atoms with Crippen LogP contribution in [0.15, 0.2) is 12.3 Å². The maximum atomic E-state index is 4.16. The largest absolute Gasteiger partial charge is 0.273 e. The highest BCUT2D eigenvalue weighted by Crippen LogP contribution is 2.15. The van der Waals surface area contributed by atoms with E-state index in [9.17, 15) is 0 Å². The Morgan fingerprint density at radius 1 is 1.50 bits per heavy atom. The summed E-state index contributed by atoms with van der Waals surface area (Å²) in [4.78, 5) is 0.695. The molecule has 14 heavy (non-hydrogen) atoms. The van der Waals surface area contributed by atoms with Crippen molar-refractivity contribution in [3.63, 3.8) is 0 Å². The maximum absolute atomic E-state index is 4.16. The molecule has 0 bridgehead atoms. The summed E-state index contributed by atoms with van der Waals surface area (Å²) in [6.45, 7) is 2.23. The van der Waals surface area contributed by atoms with Crippen LogP contribution in [0.25, 0.3) is 0 Å². The van der Waals surface area contributed by atoms with E-state index in [-0.39, 0.29) is 0 Å². The molecule has 1 heterocycles. The first-order chi connectivity index (χ1) is 6.74. The van der Waals surface area contributed by atoms with E-state index in [1.807, 2.05) is 17.9 Å². The van der Waals surface area contributed by atoms with Gasteiger partial charge in [-0.3, -0.25) is 4.68 Å². The first kappa shape index (κ1) is 11.8. The molecule has 0 saturated heterocycles. The Kier molecular flexibility index (Phi) is 5.23. The summed E-state index contributed by atoms with van der Waals surface area (Å²) in [5.41, 5.74) is 1.33. The van der Waals surface area contributed by atoms with Crippen molar-refractivity contribution in [3.8, 4) is 0 Å². The molecule has 0 spiro atoms. The van der Waals surface area contributed by atoms with Crippen LogP contribution in [-0.2, 0) is 13.5 Å². The number of aromatic nitrogens is 2. The van der Waals surface area contributed by atoms with E-state index < -0.39 is 0 Å². The first-order valence-corrected chi connectivity index (χ1v) is 6.26. The Labute approximate surface area is 94.8 Å². The molecular weight excluding hydrogens is 240 g/mol. The molecule has 80 valence electrons. The van der Waals surface area contributed by atoms with Gasteiger partial charge in [-0.15, -0.1) is 0 Å². The van der Waals surface area contributed by atoms with Crippen LogP contribution in [0, 0.1) is 0 Å². The molecule has 0 amide bonds. The molecule has 1 aromatic heterocycles. The smallest absolute Gasteiger partial charge is 0.0492 e. The molecule has 1 atom stereocenters. The summed E-state index contributed by atoms with van der Waals surface area (Å²) in [6.07, 6.45) is 8.07. The predicted octanol–water partition coefficient (Wildman–Crippen LogP) is 3.31. The molecule has 1 rings (SSSR count). The lowest BCUT2D eigenvalue weighted by molar-refractivity contribution is 0.626. The van der Waals surface area contributed by atoms with Gasteiger partial charge in [0.05, 0.1) is 0 Å². The minimum atomic E-state index is 0.695. The van der Waals surface area contributed by atoms with Crippen LogP contribution in [0.5, 0.6) is 0 Å².